The van der Waals surface area contributed by atoms with Crippen molar-refractivity contribution in [1.82, 2.24) is 15.2 Å². The summed E-state index contributed by atoms with van der Waals surface area (Å²) in [7, 11) is 0. The van der Waals surface area contributed by atoms with E-state index in [0.717, 1.165) is 15.6 Å². The van der Waals surface area contributed by atoms with Crippen LogP contribution >= 0.6 is 27.5 Å². The van der Waals surface area contributed by atoms with Crippen LogP contribution in [-0.4, -0.2) is 15.2 Å². The Morgan fingerprint density at radius 3 is 2.10 bits per heavy atom. The molecule has 21 heavy (non-hydrogen) atoms. The summed E-state index contributed by atoms with van der Waals surface area (Å²) in [6.45, 7) is 0. The van der Waals surface area contributed by atoms with Gasteiger partial charge in [-0.2, -0.15) is 0 Å². The summed E-state index contributed by atoms with van der Waals surface area (Å²) in [5.41, 5.74) is 8.25. The van der Waals surface area contributed by atoms with Crippen LogP contribution < -0.4 is 5.73 Å². The maximum absolute atomic E-state index is 6.00. The lowest BCUT2D eigenvalue weighted by atomic mass is 10.1. The fraction of sp³-hybridized carbons (Fsp3) is 0. The van der Waals surface area contributed by atoms with Gasteiger partial charge in [-0.1, -0.05) is 51.8 Å². The molecule has 104 valence electrons. The molecule has 1 heterocycles. The fourth-order valence-electron chi connectivity index (χ4n) is 1.87. The van der Waals surface area contributed by atoms with Crippen molar-refractivity contribution in [3.63, 3.8) is 0 Å². The van der Waals surface area contributed by atoms with E-state index in [0.29, 0.717) is 22.4 Å². The van der Waals surface area contributed by atoms with Crippen LogP contribution in [0.3, 0.4) is 0 Å². The quantitative estimate of drug-likeness (QED) is 0.743. The van der Waals surface area contributed by atoms with Crippen LogP contribution in [0.5, 0.6) is 0 Å². The Kier molecular flexibility index (Phi) is 3.86. The van der Waals surface area contributed by atoms with Gasteiger partial charge in [0.1, 0.15) is 5.69 Å². The van der Waals surface area contributed by atoms with E-state index >= 15 is 0 Å². The van der Waals surface area contributed by atoms with Crippen molar-refractivity contribution in [3.8, 4) is 22.6 Å². The third-order valence-electron chi connectivity index (χ3n) is 2.93. The average Bonchev–Trinajstić information content (AvgIpc) is 2.49. The predicted octanol–water partition coefficient (Wildman–Crippen LogP) is 4.20. The Labute approximate surface area is 135 Å². The van der Waals surface area contributed by atoms with Gasteiger partial charge < -0.3 is 5.73 Å². The molecule has 1 aromatic heterocycles. The summed E-state index contributed by atoms with van der Waals surface area (Å²) in [4.78, 5) is 4.33. The molecule has 0 radical (unpaired) electrons. The normalized spacial score (nSPS) is 10.6. The lowest BCUT2D eigenvalue weighted by Crippen LogP contribution is -2.02. The molecule has 0 fully saturated rings. The zero-order chi connectivity index (χ0) is 14.8. The second-order valence-corrected chi connectivity index (χ2v) is 5.74. The number of benzene rings is 2. The Bertz CT molecular complexity index is 773. The summed E-state index contributed by atoms with van der Waals surface area (Å²) in [6.07, 6.45) is 0. The van der Waals surface area contributed by atoms with Crippen LogP contribution in [0, 0.1) is 0 Å². The molecule has 0 atom stereocenters. The first kappa shape index (κ1) is 14.0. The van der Waals surface area contributed by atoms with E-state index in [1.165, 1.54) is 0 Å². The van der Waals surface area contributed by atoms with Crippen LogP contribution in [0.2, 0.25) is 5.02 Å². The molecule has 0 bridgehead atoms. The number of hydrogen-bond acceptors (Lipinski definition) is 4. The van der Waals surface area contributed by atoms with Gasteiger partial charge in [-0.15, -0.1) is 10.2 Å². The van der Waals surface area contributed by atoms with Gasteiger partial charge in [-0.05, 0) is 24.3 Å². The van der Waals surface area contributed by atoms with Gasteiger partial charge in [-0.3, -0.25) is 0 Å². The van der Waals surface area contributed by atoms with Crippen molar-refractivity contribution in [1.29, 1.82) is 0 Å². The Morgan fingerprint density at radius 1 is 0.857 bits per heavy atom. The SMILES string of the molecule is Nc1nc(-c2ccc(Br)cc2)nnc1-c1ccc(Cl)cc1. The molecule has 3 rings (SSSR count). The molecule has 2 N–H and O–H groups in total. The van der Waals surface area contributed by atoms with Gasteiger partial charge in [-0.25, -0.2) is 4.98 Å². The highest BCUT2D eigenvalue weighted by Crippen LogP contribution is 2.25. The van der Waals surface area contributed by atoms with E-state index in [4.69, 9.17) is 17.3 Å². The summed E-state index contributed by atoms with van der Waals surface area (Å²) in [5, 5.41) is 8.99. The van der Waals surface area contributed by atoms with Gasteiger partial charge in [0.15, 0.2) is 11.6 Å². The van der Waals surface area contributed by atoms with E-state index in [2.05, 4.69) is 31.1 Å². The second-order valence-electron chi connectivity index (χ2n) is 4.38. The molecule has 3 aromatic rings. The number of aromatic nitrogens is 3. The monoisotopic (exact) mass is 360 g/mol. The van der Waals surface area contributed by atoms with Gasteiger partial charge >= 0.3 is 0 Å². The number of anilines is 1. The smallest absolute Gasteiger partial charge is 0.183 e. The highest BCUT2D eigenvalue weighted by molar-refractivity contribution is 9.10. The van der Waals surface area contributed by atoms with Gasteiger partial charge in [0.2, 0.25) is 0 Å². The second kappa shape index (κ2) is 5.79. The van der Waals surface area contributed by atoms with Crippen LogP contribution in [0.25, 0.3) is 22.6 Å². The van der Waals surface area contributed by atoms with Crippen molar-refractivity contribution in [3.05, 3.63) is 58.0 Å². The number of hydrogen-bond donors (Lipinski definition) is 1. The lowest BCUT2D eigenvalue weighted by Gasteiger charge is -2.06. The molecular weight excluding hydrogens is 352 g/mol. The molecule has 0 amide bonds. The molecule has 0 spiro atoms. The number of rotatable bonds is 2. The molecule has 0 saturated heterocycles. The fourth-order valence-corrected chi connectivity index (χ4v) is 2.26. The van der Waals surface area contributed by atoms with Crippen molar-refractivity contribution in [2.45, 2.75) is 0 Å². The minimum Gasteiger partial charge on any atom is -0.382 e. The standard InChI is InChI=1S/C15H10BrClN4/c16-11-5-1-10(2-6-11)15-19-14(18)13(20-21-15)9-3-7-12(17)8-4-9/h1-8H,(H2,18,19,21). The molecule has 0 aliphatic rings. The average molecular weight is 362 g/mol. The van der Waals surface area contributed by atoms with E-state index in [-0.39, 0.29) is 0 Å². The largest absolute Gasteiger partial charge is 0.382 e. The number of nitrogen functional groups attached to an aromatic ring is 1. The number of nitrogens with zero attached hydrogens (tertiary/aromatic N) is 3. The molecule has 0 aliphatic heterocycles. The minimum atomic E-state index is 0.338. The van der Waals surface area contributed by atoms with Crippen molar-refractivity contribution >= 4 is 33.3 Å². The van der Waals surface area contributed by atoms with E-state index < -0.39 is 0 Å². The predicted molar refractivity (Wildman–Crippen MR) is 87.8 cm³/mol. The molecule has 4 nitrogen and oxygen atoms in total. The van der Waals surface area contributed by atoms with Gasteiger partial charge in [0.25, 0.3) is 0 Å². The zero-order valence-corrected chi connectivity index (χ0v) is 13.1. The summed E-state index contributed by atoms with van der Waals surface area (Å²) in [6, 6.07) is 14.9. The van der Waals surface area contributed by atoms with Crippen LogP contribution in [0.15, 0.2) is 53.0 Å². The summed E-state index contributed by atoms with van der Waals surface area (Å²) in [5.74, 6) is 0.836. The first-order valence-electron chi connectivity index (χ1n) is 6.15. The number of nitrogens with two attached hydrogens (primary N) is 1. The third-order valence-corrected chi connectivity index (χ3v) is 3.71. The molecule has 2 aromatic carbocycles. The molecule has 0 unspecified atom stereocenters. The highest BCUT2D eigenvalue weighted by atomic mass is 79.9. The van der Waals surface area contributed by atoms with E-state index in [1.807, 2.05) is 36.4 Å². The summed E-state index contributed by atoms with van der Waals surface area (Å²) < 4.78 is 0.991. The Hall–Kier alpha value is -1.98. The molecular formula is C15H10BrClN4. The minimum absolute atomic E-state index is 0.338. The number of halogens is 2. The van der Waals surface area contributed by atoms with Gasteiger partial charge in [0.05, 0.1) is 0 Å². The molecule has 0 saturated carbocycles. The van der Waals surface area contributed by atoms with Crippen LogP contribution in [0.1, 0.15) is 0 Å². The topological polar surface area (TPSA) is 64.7 Å². The van der Waals surface area contributed by atoms with Crippen molar-refractivity contribution in [2.24, 2.45) is 0 Å². The van der Waals surface area contributed by atoms with E-state index in [9.17, 15) is 0 Å². The highest BCUT2D eigenvalue weighted by Gasteiger charge is 2.10. The molecule has 0 aliphatic carbocycles. The lowest BCUT2D eigenvalue weighted by molar-refractivity contribution is 0.994. The van der Waals surface area contributed by atoms with Gasteiger partial charge in [0, 0.05) is 20.6 Å². The zero-order valence-electron chi connectivity index (χ0n) is 10.8. The first-order valence-corrected chi connectivity index (χ1v) is 7.32. The molecule has 6 heteroatoms. The first-order chi connectivity index (χ1) is 10.1. The van der Waals surface area contributed by atoms with E-state index in [1.54, 1.807) is 12.1 Å². The third kappa shape index (κ3) is 3.04. The summed E-state index contributed by atoms with van der Waals surface area (Å²) >= 11 is 9.26. The maximum atomic E-state index is 6.00. The van der Waals surface area contributed by atoms with Crippen molar-refractivity contribution in [2.75, 3.05) is 5.73 Å². The van der Waals surface area contributed by atoms with Crippen LogP contribution in [-0.2, 0) is 0 Å². The Balaban J connectivity index is 1.99. The van der Waals surface area contributed by atoms with Crippen LogP contribution in [0.4, 0.5) is 5.82 Å². The van der Waals surface area contributed by atoms with Crippen molar-refractivity contribution < 1.29 is 0 Å². The maximum Gasteiger partial charge on any atom is 0.183 e. The Morgan fingerprint density at radius 2 is 1.48 bits per heavy atom.